The summed E-state index contributed by atoms with van der Waals surface area (Å²) in [7, 11) is 0. The van der Waals surface area contributed by atoms with Gasteiger partial charge in [0.25, 0.3) is 0 Å². The van der Waals surface area contributed by atoms with Crippen LogP contribution in [0, 0.1) is 0 Å². The van der Waals surface area contributed by atoms with Crippen LogP contribution >= 0.6 is 49.0 Å². The Kier molecular flexibility index (Phi) is 15.3. The Morgan fingerprint density at radius 3 is 2.00 bits per heavy atom. The van der Waals surface area contributed by atoms with Crippen molar-refractivity contribution in [2.24, 2.45) is 0 Å². The summed E-state index contributed by atoms with van der Waals surface area (Å²) in [6.45, 7) is 17.2. The van der Waals surface area contributed by atoms with Gasteiger partial charge in [0.05, 0.1) is 16.9 Å². The molecule has 4 nitrogen and oxygen atoms in total. The number of para-hydroxylation sites is 1. The lowest BCUT2D eigenvalue weighted by atomic mass is 10.1. The van der Waals surface area contributed by atoms with Crippen molar-refractivity contribution in [2.75, 3.05) is 70.3 Å². The normalized spacial score (nSPS) is 15.3. The van der Waals surface area contributed by atoms with E-state index in [2.05, 4.69) is 32.8 Å². The first kappa shape index (κ1) is 35.6. The second-order valence-corrected chi connectivity index (χ2v) is 10.4. The highest BCUT2D eigenvalue weighted by Gasteiger charge is 2.33. The lowest BCUT2D eigenvalue weighted by Crippen LogP contribution is -2.48. The van der Waals surface area contributed by atoms with Crippen molar-refractivity contribution >= 4 is 60.4 Å². The van der Waals surface area contributed by atoms with Crippen LogP contribution < -0.4 is 4.90 Å². The minimum Gasteiger partial charge on any atom is -0.340 e. The van der Waals surface area contributed by atoms with Gasteiger partial charge in [0.15, 0.2) is 0 Å². The number of piperazine rings is 1. The standard InChI is InChI=1S/C28H35F3N4S.3ClH/c1-3-12-32(13-4-2)16-19-34-20-17-33(18-21-34)14-7-15-35-24-8-5-6-9-26(24)36-27-11-10-23(22-25(27)35)28(29,30)31;;;/h3-6,8-11,22H,1-2,7,12-21H2;3*1H. The van der Waals surface area contributed by atoms with Crippen molar-refractivity contribution in [3.05, 3.63) is 73.3 Å². The van der Waals surface area contributed by atoms with E-state index in [1.807, 2.05) is 36.4 Å². The highest BCUT2D eigenvalue weighted by molar-refractivity contribution is 7.99. The van der Waals surface area contributed by atoms with E-state index >= 15 is 0 Å². The Bertz CT molecular complexity index is 1040. The number of nitrogens with zero attached hydrogens (tertiary/aromatic N) is 4. The van der Waals surface area contributed by atoms with Crippen molar-refractivity contribution < 1.29 is 13.2 Å². The molecule has 2 aromatic carbocycles. The number of benzene rings is 2. The molecule has 2 aliphatic rings. The summed E-state index contributed by atoms with van der Waals surface area (Å²) in [6, 6.07) is 12.1. The van der Waals surface area contributed by atoms with Gasteiger partial charge in [-0.1, -0.05) is 36.0 Å². The first-order chi connectivity index (χ1) is 17.4. The first-order valence-electron chi connectivity index (χ1n) is 12.5. The SMILES string of the molecule is C=CCN(CC=C)CCN1CCN(CCCN2c3ccccc3Sc3ccc(C(F)(F)F)cc32)CC1.Cl.Cl.Cl. The quantitative estimate of drug-likeness (QED) is 0.243. The predicted octanol–water partition coefficient (Wildman–Crippen LogP) is 7.26. The minimum absolute atomic E-state index is 0. The Morgan fingerprint density at radius 2 is 1.38 bits per heavy atom. The largest absolute Gasteiger partial charge is 0.416 e. The van der Waals surface area contributed by atoms with Gasteiger partial charge in [0.1, 0.15) is 0 Å². The molecule has 0 bridgehead atoms. The number of alkyl halides is 3. The van der Waals surface area contributed by atoms with E-state index < -0.39 is 11.7 Å². The molecule has 0 aliphatic carbocycles. The van der Waals surface area contributed by atoms with Crippen LogP contribution in [-0.4, -0.2) is 80.1 Å². The molecule has 4 rings (SSSR count). The maximum Gasteiger partial charge on any atom is 0.416 e. The Hall–Kier alpha value is -1.39. The van der Waals surface area contributed by atoms with E-state index in [4.69, 9.17) is 0 Å². The van der Waals surface area contributed by atoms with Crippen LogP contribution in [0.1, 0.15) is 12.0 Å². The summed E-state index contributed by atoms with van der Waals surface area (Å²) >= 11 is 1.54. The third-order valence-corrected chi connectivity index (χ3v) is 7.91. The Balaban J connectivity index is 0.00000253. The smallest absolute Gasteiger partial charge is 0.340 e. The van der Waals surface area contributed by atoms with Gasteiger partial charge in [-0.05, 0) is 43.3 Å². The van der Waals surface area contributed by atoms with Gasteiger partial charge in [-0.3, -0.25) is 9.80 Å². The average Bonchev–Trinajstić information content (AvgIpc) is 2.87. The molecule has 0 aromatic heterocycles. The van der Waals surface area contributed by atoms with Crippen LogP contribution in [-0.2, 0) is 6.18 Å². The molecule has 2 heterocycles. The molecular weight excluding hydrogens is 588 g/mol. The van der Waals surface area contributed by atoms with Crippen molar-refractivity contribution in [2.45, 2.75) is 22.4 Å². The molecule has 0 N–H and O–H groups in total. The molecule has 39 heavy (non-hydrogen) atoms. The topological polar surface area (TPSA) is 13.0 Å². The highest BCUT2D eigenvalue weighted by atomic mass is 35.5. The fourth-order valence-electron chi connectivity index (χ4n) is 4.84. The predicted molar refractivity (Wildman–Crippen MR) is 165 cm³/mol. The molecule has 2 aliphatic heterocycles. The maximum absolute atomic E-state index is 13.4. The van der Waals surface area contributed by atoms with E-state index in [0.29, 0.717) is 12.2 Å². The first-order valence-corrected chi connectivity index (χ1v) is 13.3. The van der Waals surface area contributed by atoms with Crippen LogP contribution in [0.4, 0.5) is 24.5 Å². The van der Waals surface area contributed by atoms with Gasteiger partial charge in [0, 0.05) is 68.7 Å². The Morgan fingerprint density at radius 1 is 0.795 bits per heavy atom. The average molecular weight is 626 g/mol. The summed E-state index contributed by atoms with van der Waals surface area (Å²) in [6.07, 6.45) is 0.407. The Labute approximate surface area is 253 Å². The summed E-state index contributed by atoms with van der Waals surface area (Å²) in [4.78, 5) is 11.3. The summed E-state index contributed by atoms with van der Waals surface area (Å²) in [5.41, 5.74) is 1.05. The lowest BCUT2D eigenvalue weighted by molar-refractivity contribution is -0.137. The number of hydrogen-bond donors (Lipinski definition) is 0. The van der Waals surface area contributed by atoms with Crippen LogP contribution in [0.15, 0.2) is 77.6 Å². The lowest BCUT2D eigenvalue weighted by Gasteiger charge is -2.37. The van der Waals surface area contributed by atoms with Crippen LogP contribution in [0.5, 0.6) is 0 Å². The van der Waals surface area contributed by atoms with Gasteiger partial charge in [-0.25, -0.2) is 0 Å². The number of rotatable bonds is 11. The molecule has 0 radical (unpaired) electrons. The summed E-state index contributed by atoms with van der Waals surface area (Å²) < 4.78 is 40.3. The maximum atomic E-state index is 13.4. The van der Waals surface area contributed by atoms with Gasteiger partial charge in [-0.2, -0.15) is 13.2 Å². The van der Waals surface area contributed by atoms with Gasteiger partial charge < -0.3 is 9.80 Å². The fraction of sp³-hybridized carbons (Fsp3) is 0.429. The van der Waals surface area contributed by atoms with E-state index in [9.17, 15) is 13.2 Å². The minimum atomic E-state index is -4.35. The fourth-order valence-corrected chi connectivity index (χ4v) is 5.92. The summed E-state index contributed by atoms with van der Waals surface area (Å²) in [5, 5.41) is 0. The zero-order chi connectivity index (χ0) is 25.5. The molecule has 2 aromatic rings. The van der Waals surface area contributed by atoms with Crippen molar-refractivity contribution in [3.63, 3.8) is 0 Å². The highest BCUT2D eigenvalue weighted by Crippen LogP contribution is 2.49. The molecule has 11 heteroatoms. The number of anilines is 2. The molecule has 0 unspecified atom stereocenters. The van der Waals surface area contributed by atoms with Crippen LogP contribution in [0.2, 0.25) is 0 Å². The third kappa shape index (κ3) is 9.59. The van der Waals surface area contributed by atoms with Gasteiger partial charge in [0.2, 0.25) is 0 Å². The number of fused-ring (bicyclic) bond motifs is 2. The van der Waals surface area contributed by atoms with Crippen LogP contribution in [0.3, 0.4) is 0 Å². The molecule has 0 atom stereocenters. The van der Waals surface area contributed by atoms with Gasteiger partial charge >= 0.3 is 6.18 Å². The van der Waals surface area contributed by atoms with E-state index in [1.54, 1.807) is 17.8 Å². The molecule has 0 saturated carbocycles. The molecular formula is C28H38Cl3F3N4S. The van der Waals surface area contributed by atoms with E-state index in [-0.39, 0.29) is 37.2 Å². The monoisotopic (exact) mass is 624 g/mol. The molecule has 0 spiro atoms. The van der Waals surface area contributed by atoms with Crippen LogP contribution in [0.25, 0.3) is 0 Å². The molecule has 218 valence electrons. The molecule has 1 saturated heterocycles. The third-order valence-electron chi connectivity index (χ3n) is 6.78. The molecule has 0 amide bonds. The number of hydrogen-bond acceptors (Lipinski definition) is 5. The van der Waals surface area contributed by atoms with Gasteiger partial charge in [-0.15, -0.1) is 50.4 Å². The van der Waals surface area contributed by atoms with E-state index in [1.165, 1.54) is 12.1 Å². The summed E-state index contributed by atoms with van der Waals surface area (Å²) in [5.74, 6) is 0. The molecule has 1 fully saturated rings. The van der Waals surface area contributed by atoms with Crippen molar-refractivity contribution in [1.29, 1.82) is 0 Å². The zero-order valence-corrected chi connectivity index (χ0v) is 25.2. The zero-order valence-electron chi connectivity index (χ0n) is 21.9. The van der Waals surface area contributed by atoms with Crippen molar-refractivity contribution in [1.82, 2.24) is 14.7 Å². The number of halogens is 6. The second kappa shape index (κ2) is 16.8. The second-order valence-electron chi connectivity index (χ2n) is 9.28. The van der Waals surface area contributed by atoms with Crippen molar-refractivity contribution in [3.8, 4) is 0 Å². The van der Waals surface area contributed by atoms with E-state index in [0.717, 1.165) is 80.8 Å².